The zero-order valence-corrected chi connectivity index (χ0v) is 9.13. The lowest BCUT2D eigenvalue weighted by molar-refractivity contribution is -0.117. The summed E-state index contributed by atoms with van der Waals surface area (Å²) >= 11 is 5.91. The molecule has 3 nitrogen and oxygen atoms in total. The van der Waals surface area contributed by atoms with Gasteiger partial charge in [-0.05, 0) is 24.5 Å². The van der Waals surface area contributed by atoms with Gasteiger partial charge in [0.15, 0.2) is 5.78 Å². The summed E-state index contributed by atoms with van der Waals surface area (Å²) in [7, 11) is 0. The van der Waals surface area contributed by atoms with Crippen molar-refractivity contribution in [3.8, 4) is 0 Å². The monoisotopic (exact) mass is 224 g/mol. The molecule has 4 heteroatoms. The number of pyridine rings is 1. The van der Waals surface area contributed by atoms with Gasteiger partial charge in [-0.25, -0.2) is 0 Å². The van der Waals surface area contributed by atoms with Crippen molar-refractivity contribution in [1.29, 1.82) is 0 Å². The Balaban J connectivity index is 1.84. The Bertz CT molecular complexity index is 363. The van der Waals surface area contributed by atoms with Crippen molar-refractivity contribution in [2.75, 3.05) is 6.54 Å². The second-order valence-electron chi connectivity index (χ2n) is 3.84. The van der Waals surface area contributed by atoms with Gasteiger partial charge in [-0.15, -0.1) is 0 Å². The van der Waals surface area contributed by atoms with Gasteiger partial charge in [0.05, 0.1) is 11.6 Å². The third kappa shape index (κ3) is 3.29. The fraction of sp³-hybridized carbons (Fsp3) is 0.455. The van der Waals surface area contributed by atoms with Crippen LogP contribution in [0, 0.1) is 0 Å². The first-order valence-electron chi connectivity index (χ1n) is 5.09. The maximum absolute atomic E-state index is 11.6. The zero-order chi connectivity index (χ0) is 10.7. The number of Topliss-reactive ketones (excluding diaryl/α,β-unsaturated/α-hetero) is 1. The van der Waals surface area contributed by atoms with Crippen molar-refractivity contribution in [3.63, 3.8) is 0 Å². The number of carbonyl (C=O) groups excluding carboxylic acids is 1. The molecule has 0 amide bonds. The van der Waals surface area contributed by atoms with Crippen LogP contribution < -0.4 is 5.32 Å². The molecule has 0 saturated heterocycles. The average molecular weight is 225 g/mol. The number of hydrogen-bond acceptors (Lipinski definition) is 3. The number of halogens is 1. The Morgan fingerprint density at radius 2 is 2.40 bits per heavy atom. The summed E-state index contributed by atoms with van der Waals surface area (Å²) in [5.41, 5.74) is 0.856. The first kappa shape index (κ1) is 10.6. The Hall–Kier alpha value is -0.930. The van der Waals surface area contributed by atoms with Crippen LogP contribution in [0.5, 0.6) is 0 Å². The fourth-order valence-corrected chi connectivity index (χ4v) is 1.55. The summed E-state index contributed by atoms with van der Waals surface area (Å²) in [5.74, 6) is 0.176. The van der Waals surface area contributed by atoms with Crippen LogP contribution in [0.25, 0.3) is 0 Å². The number of nitrogens with zero attached hydrogens (tertiary/aromatic N) is 1. The quantitative estimate of drug-likeness (QED) is 0.826. The highest BCUT2D eigenvalue weighted by Crippen LogP contribution is 2.18. The predicted octanol–water partition coefficient (Wildman–Crippen LogP) is 1.60. The summed E-state index contributed by atoms with van der Waals surface area (Å²) in [6, 6.07) is 2.36. The van der Waals surface area contributed by atoms with E-state index in [1.165, 1.54) is 12.8 Å². The summed E-state index contributed by atoms with van der Waals surface area (Å²) < 4.78 is 0. The van der Waals surface area contributed by atoms with Crippen LogP contribution >= 0.6 is 11.6 Å². The second-order valence-corrected chi connectivity index (χ2v) is 4.24. The van der Waals surface area contributed by atoms with Crippen molar-refractivity contribution in [2.24, 2.45) is 0 Å². The lowest BCUT2D eigenvalue weighted by Gasteiger charge is -2.03. The summed E-state index contributed by atoms with van der Waals surface area (Å²) in [5, 5.41) is 3.75. The van der Waals surface area contributed by atoms with Crippen LogP contribution in [-0.2, 0) is 11.2 Å². The van der Waals surface area contributed by atoms with Gasteiger partial charge in [0, 0.05) is 24.9 Å². The van der Waals surface area contributed by atoms with Crippen LogP contribution in [0.3, 0.4) is 0 Å². The fourth-order valence-electron chi connectivity index (χ4n) is 1.37. The maximum Gasteiger partial charge on any atom is 0.151 e. The van der Waals surface area contributed by atoms with Gasteiger partial charge < -0.3 is 5.32 Å². The molecule has 0 atom stereocenters. The summed E-state index contributed by atoms with van der Waals surface area (Å²) in [4.78, 5) is 15.4. The number of rotatable bonds is 5. The van der Waals surface area contributed by atoms with Crippen molar-refractivity contribution in [1.82, 2.24) is 10.3 Å². The molecule has 1 aliphatic carbocycles. The highest BCUT2D eigenvalue weighted by molar-refractivity contribution is 6.31. The van der Waals surface area contributed by atoms with E-state index in [4.69, 9.17) is 11.6 Å². The van der Waals surface area contributed by atoms with Gasteiger partial charge >= 0.3 is 0 Å². The number of aromatic nitrogens is 1. The first-order valence-corrected chi connectivity index (χ1v) is 5.47. The van der Waals surface area contributed by atoms with E-state index < -0.39 is 0 Å². The third-order valence-corrected chi connectivity index (χ3v) is 2.75. The lowest BCUT2D eigenvalue weighted by atomic mass is 10.1. The van der Waals surface area contributed by atoms with Crippen molar-refractivity contribution >= 4 is 17.4 Å². The molecule has 0 aromatic carbocycles. The number of carbonyl (C=O) groups is 1. The van der Waals surface area contributed by atoms with Crippen molar-refractivity contribution in [2.45, 2.75) is 25.3 Å². The number of ketones is 1. The molecular formula is C11H13ClN2O. The lowest BCUT2D eigenvalue weighted by Crippen LogP contribution is -2.25. The standard InChI is InChI=1S/C11H13ClN2O/c12-11-7-13-4-3-8(11)5-10(15)6-14-9-1-2-9/h3-4,7,9,14H,1-2,5-6H2. The smallest absolute Gasteiger partial charge is 0.151 e. The predicted molar refractivity (Wildman–Crippen MR) is 59.0 cm³/mol. The molecule has 1 heterocycles. The molecule has 1 saturated carbocycles. The molecule has 1 fully saturated rings. The van der Waals surface area contributed by atoms with Gasteiger partial charge in [-0.3, -0.25) is 9.78 Å². The Kier molecular flexibility index (Phi) is 3.34. The number of nitrogens with one attached hydrogen (secondary N) is 1. The average Bonchev–Trinajstić information content (AvgIpc) is 3.02. The zero-order valence-electron chi connectivity index (χ0n) is 8.37. The van der Waals surface area contributed by atoms with Gasteiger partial charge in [0.1, 0.15) is 0 Å². The van der Waals surface area contributed by atoms with E-state index in [1.54, 1.807) is 18.5 Å². The van der Waals surface area contributed by atoms with Crippen LogP contribution in [0.4, 0.5) is 0 Å². The Morgan fingerprint density at radius 1 is 1.60 bits per heavy atom. The molecule has 1 aromatic heterocycles. The van der Waals surface area contributed by atoms with Gasteiger partial charge in [-0.1, -0.05) is 11.6 Å². The minimum atomic E-state index is 0.176. The first-order chi connectivity index (χ1) is 7.25. The van der Waals surface area contributed by atoms with Crippen molar-refractivity contribution < 1.29 is 4.79 Å². The van der Waals surface area contributed by atoms with E-state index in [0.717, 1.165) is 5.56 Å². The van der Waals surface area contributed by atoms with Gasteiger partial charge in [0.25, 0.3) is 0 Å². The van der Waals surface area contributed by atoms with Gasteiger partial charge in [0.2, 0.25) is 0 Å². The molecule has 1 aliphatic rings. The van der Waals surface area contributed by atoms with Crippen LogP contribution in [-0.4, -0.2) is 23.4 Å². The van der Waals surface area contributed by atoms with Gasteiger partial charge in [-0.2, -0.15) is 0 Å². The molecule has 1 N–H and O–H groups in total. The largest absolute Gasteiger partial charge is 0.307 e. The van der Waals surface area contributed by atoms with Crippen LogP contribution in [0.2, 0.25) is 5.02 Å². The van der Waals surface area contributed by atoms with E-state index in [9.17, 15) is 4.79 Å². The normalized spacial score (nSPS) is 15.3. The Morgan fingerprint density at radius 3 is 3.07 bits per heavy atom. The highest BCUT2D eigenvalue weighted by atomic mass is 35.5. The summed E-state index contributed by atoms with van der Waals surface area (Å²) in [6.45, 7) is 0.448. The third-order valence-electron chi connectivity index (χ3n) is 2.41. The molecule has 15 heavy (non-hydrogen) atoms. The number of hydrogen-bond donors (Lipinski definition) is 1. The van der Waals surface area contributed by atoms with E-state index in [0.29, 0.717) is 24.0 Å². The summed E-state index contributed by atoms with van der Waals surface area (Å²) in [6.07, 6.45) is 6.01. The molecule has 0 spiro atoms. The minimum absolute atomic E-state index is 0.176. The molecule has 0 aliphatic heterocycles. The Labute approximate surface area is 93.8 Å². The minimum Gasteiger partial charge on any atom is -0.307 e. The molecule has 0 bridgehead atoms. The van der Waals surface area contributed by atoms with Crippen LogP contribution in [0.15, 0.2) is 18.5 Å². The van der Waals surface area contributed by atoms with Crippen LogP contribution in [0.1, 0.15) is 18.4 Å². The van der Waals surface area contributed by atoms with Crippen molar-refractivity contribution in [3.05, 3.63) is 29.0 Å². The van der Waals surface area contributed by atoms with E-state index in [2.05, 4.69) is 10.3 Å². The topological polar surface area (TPSA) is 42.0 Å². The molecule has 2 rings (SSSR count). The van der Waals surface area contributed by atoms with E-state index >= 15 is 0 Å². The highest BCUT2D eigenvalue weighted by Gasteiger charge is 2.21. The van der Waals surface area contributed by atoms with E-state index in [-0.39, 0.29) is 5.78 Å². The molecule has 0 unspecified atom stereocenters. The maximum atomic E-state index is 11.6. The SMILES string of the molecule is O=C(CNC1CC1)Cc1ccncc1Cl. The second kappa shape index (κ2) is 4.73. The molecule has 1 aromatic rings. The molecule has 0 radical (unpaired) electrons. The van der Waals surface area contributed by atoms with E-state index in [1.807, 2.05) is 0 Å². The molecule has 80 valence electrons. The molecular weight excluding hydrogens is 212 g/mol.